The lowest BCUT2D eigenvalue weighted by molar-refractivity contribution is -0.124. The van der Waals surface area contributed by atoms with Crippen LogP contribution < -0.4 is 4.74 Å². The van der Waals surface area contributed by atoms with Crippen molar-refractivity contribution in [2.75, 3.05) is 0 Å². The minimum atomic E-state index is -0.367. The van der Waals surface area contributed by atoms with Crippen LogP contribution in [-0.2, 0) is 9.59 Å². The number of ketones is 2. The van der Waals surface area contributed by atoms with E-state index in [4.69, 9.17) is 9.73 Å². The SMILES string of the molecule is CC1(C)CC(=O)C2C(=NC3=C(C(=O)CC(C)(C)C3)C2c2cccc(Oc3ccccc3)c2)C1. The maximum Gasteiger partial charge on any atom is 0.161 e. The summed E-state index contributed by atoms with van der Waals surface area (Å²) in [6, 6.07) is 17.5. The van der Waals surface area contributed by atoms with Crippen LogP contribution in [0.25, 0.3) is 0 Å². The van der Waals surface area contributed by atoms with Crippen molar-refractivity contribution in [2.24, 2.45) is 21.7 Å². The molecule has 0 radical (unpaired) electrons. The molecule has 5 rings (SSSR count). The molecule has 0 saturated heterocycles. The highest BCUT2D eigenvalue weighted by Gasteiger charge is 2.49. The van der Waals surface area contributed by atoms with Gasteiger partial charge in [-0.1, -0.05) is 58.0 Å². The molecule has 1 fully saturated rings. The Labute approximate surface area is 195 Å². The lowest BCUT2D eigenvalue weighted by Crippen LogP contribution is -2.45. The number of ether oxygens (including phenoxy) is 1. The summed E-state index contributed by atoms with van der Waals surface area (Å²) in [5, 5.41) is 0. The molecule has 2 atom stereocenters. The summed E-state index contributed by atoms with van der Waals surface area (Å²) in [5.74, 6) is 1.12. The third-order valence-electron chi connectivity index (χ3n) is 7.03. The summed E-state index contributed by atoms with van der Waals surface area (Å²) in [5.41, 5.74) is 3.29. The second-order valence-electron chi connectivity index (χ2n) is 11.3. The first-order chi connectivity index (χ1) is 15.6. The fraction of sp³-hybridized carbons (Fsp3) is 0.414. The van der Waals surface area contributed by atoms with Crippen LogP contribution in [0.4, 0.5) is 0 Å². The highest BCUT2D eigenvalue weighted by molar-refractivity contribution is 6.13. The van der Waals surface area contributed by atoms with Gasteiger partial charge in [0, 0.05) is 35.7 Å². The Morgan fingerprint density at radius 3 is 2.24 bits per heavy atom. The number of Topliss-reactive ketones (excluding diaryl/α,β-unsaturated/α-hetero) is 2. The number of nitrogens with zero attached hydrogens (tertiary/aromatic N) is 1. The van der Waals surface area contributed by atoms with Crippen molar-refractivity contribution in [3.63, 3.8) is 0 Å². The number of hydrogen-bond acceptors (Lipinski definition) is 4. The fourth-order valence-electron chi connectivity index (χ4n) is 5.77. The maximum atomic E-state index is 13.5. The lowest BCUT2D eigenvalue weighted by atomic mass is 9.60. The Hall–Kier alpha value is -3.01. The molecule has 0 N–H and O–H groups in total. The van der Waals surface area contributed by atoms with Crippen molar-refractivity contribution in [1.82, 2.24) is 0 Å². The van der Waals surface area contributed by atoms with Crippen LogP contribution in [0, 0.1) is 16.7 Å². The number of fused-ring (bicyclic) bond motifs is 1. The first kappa shape index (κ1) is 21.8. The van der Waals surface area contributed by atoms with Gasteiger partial charge in [0.05, 0.1) is 5.92 Å². The zero-order valence-electron chi connectivity index (χ0n) is 19.9. The number of para-hydroxylation sites is 1. The van der Waals surface area contributed by atoms with Gasteiger partial charge in [0.2, 0.25) is 0 Å². The monoisotopic (exact) mass is 441 g/mol. The summed E-state index contributed by atoms with van der Waals surface area (Å²) < 4.78 is 6.09. The molecular formula is C29H31NO3. The zero-order valence-corrected chi connectivity index (χ0v) is 19.9. The molecule has 0 aromatic heterocycles. The van der Waals surface area contributed by atoms with Gasteiger partial charge in [0.25, 0.3) is 0 Å². The van der Waals surface area contributed by atoms with Crippen LogP contribution in [-0.4, -0.2) is 17.3 Å². The van der Waals surface area contributed by atoms with E-state index < -0.39 is 0 Å². The van der Waals surface area contributed by atoms with E-state index in [9.17, 15) is 9.59 Å². The lowest BCUT2D eigenvalue weighted by Gasteiger charge is -2.44. The number of allylic oxidation sites excluding steroid dienone is 2. The molecular weight excluding hydrogens is 410 g/mol. The van der Waals surface area contributed by atoms with Crippen LogP contribution >= 0.6 is 0 Å². The number of aliphatic imine (C=N–C) groups is 1. The van der Waals surface area contributed by atoms with Crippen molar-refractivity contribution in [2.45, 2.75) is 59.3 Å². The molecule has 1 saturated carbocycles. The molecule has 33 heavy (non-hydrogen) atoms. The van der Waals surface area contributed by atoms with Gasteiger partial charge in [-0.15, -0.1) is 0 Å². The van der Waals surface area contributed by atoms with E-state index in [-0.39, 0.29) is 34.2 Å². The molecule has 4 heteroatoms. The number of rotatable bonds is 3. The van der Waals surface area contributed by atoms with E-state index in [2.05, 4.69) is 27.7 Å². The highest BCUT2D eigenvalue weighted by Crippen LogP contribution is 2.51. The second-order valence-corrected chi connectivity index (χ2v) is 11.3. The van der Waals surface area contributed by atoms with E-state index in [1.807, 2.05) is 54.6 Å². The van der Waals surface area contributed by atoms with E-state index in [0.717, 1.165) is 41.1 Å². The number of carbonyl (C=O) groups excluding carboxylic acids is 2. The van der Waals surface area contributed by atoms with Crippen LogP contribution in [0.5, 0.6) is 11.5 Å². The number of hydrogen-bond donors (Lipinski definition) is 0. The normalized spacial score (nSPS) is 25.8. The highest BCUT2D eigenvalue weighted by atomic mass is 16.5. The first-order valence-corrected chi connectivity index (χ1v) is 11.8. The Morgan fingerprint density at radius 1 is 0.788 bits per heavy atom. The largest absolute Gasteiger partial charge is 0.457 e. The molecule has 1 heterocycles. The topological polar surface area (TPSA) is 55.7 Å². The minimum Gasteiger partial charge on any atom is -0.457 e. The van der Waals surface area contributed by atoms with Gasteiger partial charge in [0.15, 0.2) is 5.78 Å². The molecule has 1 aliphatic heterocycles. The molecule has 3 aliphatic rings. The quantitative estimate of drug-likeness (QED) is 0.535. The van der Waals surface area contributed by atoms with Gasteiger partial charge >= 0.3 is 0 Å². The predicted octanol–water partition coefficient (Wildman–Crippen LogP) is 6.67. The average Bonchev–Trinajstić information content (AvgIpc) is 2.71. The van der Waals surface area contributed by atoms with Crippen LogP contribution in [0.15, 0.2) is 70.9 Å². The third-order valence-corrected chi connectivity index (χ3v) is 7.03. The van der Waals surface area contributed by atoms with Crippen molar-refractivity contribution in [3.05, 3.63) is 71.4 Å². The van der Waals surface area contributed by atoms with Crippen molar-refractivity contribution in [1.29, 1.82) is 0 Å². The van der Waals surface area contributed by atoms with Gasteiger partial charge in [-0.2, -0.15) is 0 Å². The molecule has 4 nitrogen and oxygen atoms in total. The minimum absolute atomic E-state index is 0.110. The zero-order chi connectivity index (χ0) is 23.4. The maximum absolute atomic E-state index is 13.5. The second kappa shape index (κ2) is 7.79. The standard InChI is InChI=1S/C29H31NO3/c1-28(2)14-21-26(23(31)16-28)25(27-22(30-21)15-29(3,4)17-24(27)32)18-9-8-12-20(13-18)33-19-10-6-5-7-11-19/h5-13,25-26H,14-17H2,1-4H3. The van der Waals surface area contributed by atoms with Crippen molar-refractivity contribution >= 4 is 17.3 Å². The Balaban J connectivity index is 1.61. The average molecular weight is 442 g/mol. The molecule has 2 aromatic carbocycles. The van der Waals surface area contributed by atoms with E-state index in [0.29, 0.717) is 18.6 Å². The van der Waals surface area contributed by atoms with Crippen molar-refractivity contribution < 1.29 is 14.3 Å². The van der Waals surface area contributed by atoms with E-state index in [1.54, 1.807) is 0 Å². The Morgan fingerprint density at radius 2 is 1.48 bits per heavy atom. The summed E-state index contributed by atoms with van der Waals surface area (Å²) in [4.78, 5) is 31.9. The predicted molar refractivity (Wildman–Crippen MR) is 130 cm³/mol. The Bertz CT molecular complexity index is 1190. The fourth-order valence-corrected chi connectivity index (χ4v) is 5.77. The van der Waals surface area contributed by atoms with Gasteiger partial charge in [-0.3, -0.25) is 14.6 Å². The van der Waals surface area contributed by atoms with Crippen LogP contribution in [0.3, 0.4) is 0 Å². The smallest absolute Gasteiger partial charge is 0.161 e. The molecule has 0 spiro atoms. The van der Waals surface area contributed by atoms with E-state index >= 15 is 0 Å². The van der Waals surface area contributed by atoms with Gasteiger partial charge in [-0.25, -0.2) is 0 Å². The molecule has 0 bridgehead atoms. The summed E-state index contributed by atoms with van der Waals surface area (Å²) >= 11 is 0. The van der Waals surface area contributed by atoms with Crippen LogP contribution in [0.2, 0.25) is 0 Å². The number of carbonyl (C=O) groups is 2. The third kappa shape index (κ3) is 4.19. The van der Waals surface area contributed by atoms with E-state index in [1.165, 1.54) is 0 Å². The molecule has 2 aliphatic carbocycles. The Kier molecular flexibility index (Phi) is 5.15. The van der Waals surface area contributed by atoms with Gasteiger partial charge < -0.3 is 4.74 Å². The van der Waals surface area contributed by atoms with Crippen LogP contribution in [0.1, 0.15) is 64.9 Å². The van der Waals surface area contributed by atoms with Crippen molar-refractivity contribution in [3.8, 4) is 11.5 Å². The molecule has 0 amide bonds. The molecule has 170 valence electrons. The first-order valence-electron chi connectivity index (χ1n) is 11.8. The molecule has 2 aromatic rings. The summed E-state index contributed by atoms with van der Waals surface area (Å²) in [6.07, 6.45) is 2.54. The van der Waals surface area contributed by atoms with Gasteiger partial charge in [-0.05, 0) is 53.5 Å². The number of benzene rings is 2. The summed E-state index contributed by atoms with van der Waals surface area (Å²) in [7, 11) is 0. The van der Waals surface area contributed by atoms with Gasteiger partial charge in [0.1, 0.15) is 17.3 Å². The summed E-state index contributed by atoms with van der Waals surface area (Å²) in [6.45, 7) is 8.51. The molecule has 2 unspecified atom stereocenters.